The number of fused-ring (bicyclic) bond motifs is 1. The zero-order valence-electron chi connectivity index (χ0n) is 13.8. The summed E-state index contributed by atoms with van der Waals surface area (Å²) in [7, 11) is 0. The molecule has 0 aliphatic rings. The van der Waals surface area contributed by atoms with Crippen LogP contribution in [-0.4, -0.2) is 19.9 Å². The number of aromatic nitrogens is 4. The van der Waals surface area contributed by atoms with Crippen LogP contribution >= 0.6 is 23.5 Å². The van der Waals surface area contributed by atoms with Gasteiger partial charge >= 0.3 is 5.69 Å². The van der Waals surface area contributed by atoms with Gasteiger partial charge in [0, 0.05) is 11.5 Å². The Balaban J connectivity index is 1.59. The highest BCUT2D eigenvalue weighted by Crippen LogP contribution is 2.29. The molecule has 0 aliphatic heterocycles. The van der Waals surface area contributed by atoms with Crippen LogP contribution in [0.3, 0.4) is 0 Å². The normalized spacial score (nSPS) is 11.1. The van der Waals surface area contributed by atoms with E-state index in [2.05, 4.69) is 44.2 Å². The topological polar surface area (TPSA) is 74.4 Å². The third kappa shape index (κ3) is 4.00. The average Bonchev–Trinajstić information content (AvgIpc) is 3.06. The highest BCUT2D eigenvalue weighted by atomic mass is 32.2. The first-order valence-corrected chi connectivity index (χ1v) is 10.1. The first kappa shape index (κ1) is 16.9. The van der Waals surface area contributed by atoms with E-state index < -0.39 is 0 Å². The van der Waals surface area contributed by atoms with Crippen molar-refractivity contribution in [1.29, 1.82) is 0 Å². The van der Waals surface area contributed by atoms with E-state index in [0.29, 0.717) is 16.3 Å². The Morgan fingerprint density at radius 3 is 2.04 bits per heavy atom. The van der Waals surface area contributed by atoms with Gasteiger partial charge < -0.3 is 4.98 Å². The van der Waals surface area contributed by atoms with Crippen LogP contribution < -0.4 is 5.69 Å². The van der Waals surface area contributed by atoms with Gasteiger partial charge in [-0.15, -0.1) is 0 Å². The second-order valence-electron chi connectivity index (χ2n) is 5.66. The fourth-order valence-corrected chi connectivity index (χ4v) is 4.29. The second kappa shape index (κ2) is 7.80. The van der Waals surface area contributed by atoms with Crippen LogP contribution in [0.5, 0.6) is 0 Å². The molecule has 2 aromatic carbocycles. The van der Waals surface area contributed by atoms with E-state index >= 15 is 0 Å². The minimum atomic E-state index is -0.263. The number of aromatic amines is 2. The molecular weight excluding hydrogens is 364 g/mol. The van der Waals surface area contributed by atoms with E-state index in [1.54, 1.807) is 23.5 Å². The number of thioether (sulfide) groups is 2. The molecule has 0 saturated heterocycles. The molecule has 5 nitrogen and oxygen atoms in total. The molecule has 4 rings (SSSR count). The quantitative estimate of drug-likeness (QED) is 0.297. The predicted octanol–water partition coefficient (Wildman–Crippen LogP) is 4.23. The van der Waals surface area contributed by atoms with Crippen LogP contribution in [0.1, 0.15) is 11.1 Å². The molecule has 2 N–H and O–H groups in total. The monoisotopic (exact) mass is 380 g/mol. The van der Waals surface area contributed by atoms with E-state index in [1.807, 2.05) is 36.4 Å². The van der Waals surface area contributed by atoms with Gasteiger partial charge in [0.1, 0.15) is 10.5 Å². The predicted molar refractivity (Wildman–Crippen MR) is 107 cm³/mol. The first-order valence-electron chi connectivity index (χ1n) is 8.11. The minimum Gasteiger partial charge on any atom is -0.302 e. The maximum atomic E-state index is 11.7. The number of imidazole rings is 1. The Morgan fingerprint density at radius 2 is 1.38 bits per heavy atom. The van der Waals surface area contributed by atoms with Crippen LogP contribution in [0.25, 0.3) is 11.2 Å². The third-order valence-corrected chi connectivity index (χ3v) is 5.72. The summed E-state index contributed by atoms with van der Waals surface area (Å²) in [5, 5.41) is 1.44. The molecule has 0 fully saturated rings. The van der Waals surface area contributed by atoms with Crippen LogP contribution in [0.2, 0.25) is 0 Å². The van der Waals surface area contributed by atoms with E-state index in [0.717, 1.165) is 16.5 Å². The van der Waals surface area contributed by atoms with Crippen molar-refractivity contribution >= 4 is 34.7 Å². The minimum absolute atomic E-state index is 0.263. The molecule has 26 heavy (non-hydrogen) atoms. The Bertz CT molecular complexity index is 1060. The lowest BCUT2D eigenvalue weighted by Gasteiger charge is -2.06. The number of benzene rings is 2. The maximum Gasteiger partial charge on any atom is 0.325 e. The van der Waals surface area contributed by atoms with Gasteiger partial charge in [-0.1, -0.05) is 84.2 Å². The number of nitrogens with one attached hydrogen (secondary N) is 2. The maximum absolute atomic E-state index is 11.7. The molecule has 0 bridgehead atoms. The fraction of sp³-hybridized carbons (Fsp3) is 0.105. The largest absolute Gasteiger partial charge is 0.325 e. The Morgan fingerprint density at radius 1 is 0.769 bits per heavy atom. The standard InChI is InChI=1S/C19H16N4OS2/c24-18-20-15-16(21-18)22-19(26-12-14-9-5-2-6-10-14)23-17(15)25-11-13-7-3-1-4-8-13/h1-10H,11-12H2,(H2,20,21,22,23,24). The van der Waals surface area contributed by atoms with Crippen molar-refractivity contribution in [3.05, 3.63) is 82.3 Å². The Labute approximate surface area is 158 Å². The molecule has 0 unspecified atom stereocenters. The average molecular weight is 380 g/mol. The second-order valence-corrected chi connectivity index (χ2v) is 7.57. The molecule has 0 radical (unpaired) electrons. The molecule has 2 aromatic heterocycles. The van der Waals surface area contributed by atoms with Crippen molar-refractivity contribution < 1.29 is 0 Å². The molecule has 130 valence electrons. The van der Waals surface area contributed by atoms with Gasteiger partial charge in [0.25, 0.3) is 0 Å². The molecule has 0 atom stereocenters. The van der Waals surface area contributed by atoms with E-state index in [1.165, 1.54) is 11.1 Å². The van der Waals surface area contributed by atoms with E-state index in [4.69, 9.17) is 0 Å². The Kier molecular flexibility index (Phi) is 5.08. The molecule has 7 heteroatoms. The van der Waals surface area contributed by atoms with Gasteiger partial charge in [-0.3, -0.25) is 4.98 Å². The summed E-state index contributed by atoms with van der Waals surface area (Å²) in [6, 6.07) is 20.4. The van der Waals surface area contributed by atoms with Crippen LogP contribution in [-0.2, 0) is 11.5 Å². The molecule has 0 saturated carbocycles. The number of hydrogen-bond donors (Lipinski definition) is 2. The van der Waals surface area contributed by atoms with Gasteiger partial charge in [-0.2, -0.15) is 0 Å². The molecule has 0 amide bonds. The number of H-pyrrole nitrogens is 2. The Hall–Kier alpha value is -2.51. The highest BCUT2D eigenvalue weighted by Gasteiger charge is 2.12. The van der Waals surface area contributed by atoms with Gasteiger partial charge in [-0.05, 0) is 11.1 Å². The van der Waals surface area contributed by atoms with Crippen molar-refractivity contribution in [2.24, 2.45) is 0 Å². The number of rotatable bonds is 6. The van der Waals surface area contributed by atoms with Crippen molar-refractivity contribution in [2.45, 2.75) is 21.7 Å². The molecular formula is C19H16N4OS2. The number of hydrogen-bond acceptors (Lipinski definition) is 5. The summed E-state index contributed by atoms with van der Waals surface area (Å²) in [6.45, 7) is 0. The van der Waals surface area contributed by atoms with Crippen LogP contribution in [0.4, 0.5) is 0 Å². The lowest BCUT2D eigenvalue weighted by Crippen LogP contribution is -1.99. The SMILES string of the molecule is O=c1[nH]c2nc(SCc3ccccc3)nc(SCc3ccccc3)c2[nH]1. The zero-order valence-corrected chi connectivity index (χ0v) is 15.4. The zero-order chi connectivity index (χ0) is 17.8. The molecule has 4 aromatic rings. The first-order chi connectivity index (χ1) is 12.8. The fourth-order valence-electron chi connectivity index (χ4n) is 2.49. The van der Waals surface area contributed by atoms with Gasteiger partial charge in [0.2, 0.25) is 0 Å². The summed E-state index contributed by atoms with van der Waals surface area (Å²) in [5.41, 5.74) is 3.38. The van der Waals surface area contributed by atoms with Crippen molar-refractivity contribution in [3.8, 4) is 0 Å². The summed E-state index contributed by atoms with van der Waals surface area (Å²) in [6.07, 6.45) is 0. The third-order valence-electron chi connectivity index (χ3n) is 3.75. The molecule has 2 heterocycles. The van der Waals surface area contributed by atoms with Crippen molar-refractivity contribution in [3.63, 3.8) is 0 Å². The van der Waals surface area contributed by atoms with Gasteiger partial charge in [0.15, 0.2) is 10.8 Å². The summed E-state index contributed by atoms with van der Waals surface area (Å²) in [5.74, 6) is 1.56. The number of nitrogens with zero attached hydrogens (tertiary/aromatic N) is 2. The highest BCUT2D eigenvalue weighted by molar-refractivity contribution is 7.99. The summed E-state index contributed by atoms with van der Waals surface area (Å²) >= 11 is 3.16. The van der Waals surface area contributed by atoms with Gasteiger partial charge in [0.05, 0.1) is 0 Å². The van der Waals surface area contributed by atoms with Gasteiger partial charge in [-0.25, -0.2) is 14.8 Å². The molecule has 0 spiro atoms. The van der Waals surface area contributed by atoms with Crippen molar-refractivity contribution in [1.82, 2.24) is 19.9 Å². The lowest BCUT2D eigenvalue weighted by atomic mass is 10.2. The summed E-state index contributed by atoms with van der Waals surface area (Å²) < 4.78 is 0. The smallest absolute Gasteiger partial charge is 0.302 e. The van der Waals surface area contributed by atoms with E-state index in [-0.39, 0.29) is 5.69 Å². The summed E-state index contributed by atoms with van der Waals surface area (Å²) in [4.78, 5) is 26.4. The van der Waals surface area contributed by atoms with Crippen molar-refractivity contribution in [2.75, 3.05) is 0 Å². The van der Waals surface area contributed by atoms with E-state index in [9.17, 15) is 4.79 Å². The molecule has 0 aliphatic carbocycles. The van der Waals surface area contributed by atoms with Crippen LogP contribution in [0.15, 0.2) is 75.6 Å². The lowest BCUT2D eigenvalue weighted by molar-refractivity contribution is 0.921. The van der Waals surface area contributed by atoms with Crippen LogP contribution in [0, 0.1) is 0 Å².